The number of nitrogens with one attached hydrogen (secondary N) is 2. The van der Waals surface area contributed by atoms with E-state index in [-0.39, 0.29) is 36.4 Å². The Morgan fingerprint density at radius 3 is 2.07 bits per heavy atom. The van der Waals surface area contributed by atoms with Crippen LogP contribution in [-0.4, -0.2) is 65.3 Å². The molecule has 0 spiro atoms. The number of hydrogen-bond acceptors (Lipinski definition) is 5. The lowest BCUT2D eigenvalue weighted by molar-refractivity contribution is -0.127. The molecule has 1 amide bonds. The maximum absolute atomic E-state index is 11.8. The maximum atomic E-state index is 11.8. The van der Waals surface area contributed by atoms with Crippen molar-refractivity contribution in [3.05, 3.63) is 17.7 Å². The molecule has 0 heterocycles. The van der Waals surface area contributed by atoms with Crippen LogP contribution in [0.4, 0.5) is 0 Å². The minimum Gasteiger partial charge on any atom is -0.493 e. The van der Waals surface area contributed by atoms with Gasteiger partial charge in [-0.2, -0.15) is 0 Å². The van der Waals surface area contributed by atoms with Crippen LogP contribution in [0.2, 0.25) is 0 Å². The van der Waals surface area contributed by atoms with Crippen molar-refractivity contribution in [3.8, 4) is 17.2 Å². The van der Waals surface area contributed by atoms with Gasteiger partial charge in [0, 0.05) is 20.6 Å². The van der Waals surface area contributed by atoms with Crippen LogP contribution in [0, 0.1) is 5.92 Å². The zero-order valence-corrected chi connectivity index (χ0v) is 20.1. The Bertz CT molecular complexity index is 626. The zero-order chi connectivity index (χ0) is 20.4. The number of guanidine groups is 1. The van der Waals surface area contributed by atoms with Gasteiger partial charge in [0.25, 0.3) is 0 Å². The minimum absolute atomic E-state index is 0. The number of benzene rings is 1. The number of aliphatic imine (C=N–C) groups is 1. The van der Waals surface area contributed by atoms with Crippen molar-refractivity contribution >= 4 is 35.8 Å². The molecule has 2 N–H and O–H groups in total. The molecule has 1 aromatic carbocycles. The van der Waals surface area contributed by atoms with Gasteiger partial charge in [0.05, 0.1) is 34.4 Å². The number of nitrogens with zero attached hydrogens (tertiary/aromatic N) is 2. The fraction of sp³-hybridized carbons (Fsp3) is 0.579. The van der Waals surface area contributed by atoms with Crippen LogP contribution < -0.4 is 24.8 Å². The van der Waals surface area contributed by atoms with Crippen molar-refractivity contribution in [3.63, 3.8) is 0 Å². The Balaban J connectivity index is 0.00000729. The average Bonchev–Trinajstić information content (AvgIpc) is 2.65. The normalized spacial score (nSPS) is 10.8. The van der Waals surface area contributed by atoms with Crippen molar-refractivity contribution in [1.82, 2.24) is 15.5 Å². The highest BCUT2D eigenvalue weighted by Gasteiger charge is 2.13. The molecule has 0 fully saturated rings. The second-order valence-electron chi connectivity index (χ2n) is 6.61. The van der Waals surface area contributed by atoms with E-state index < -0.39 is 0 Å². The van der Waals surface area contributed by atoms with Crippen molar-refractivity contribution < 1.29 is 19.0 Å². The molecule has 0 aliphatic heterocycles. The monoisotopic (exact) mass is 508 g/mol. The molecule has 0 aliphatic carbocycles. The third-order valence-electron chi connectivity index (χ3n) is 3.73. The Kier molecular flexibility index (Phi) is 12.4. The Morgan fingerprint density at radius 2 is 1.64 bits per heavy atom. The van der Waals surface area contributed by atoms with Gasteiger partial charge < -0.3 is 29.7 Å². The van der Waals surface area contributed by atoms with E-state index in [0.717, 1.165) is 12.1 Å². The SMILES string of the molecule is COc1cc(CN=C(NCC(=O)N(C)C)NCC(C)C)cc(OC)c1OC.I. The van der Waals surface area contributed by atoms with Crippen molar-refractivity contribution in [2.45, 2.75) is 20.4 Å². The lowest BCUT2D eigenvalue weighted by Gasteiger charge is -2.16. The van der Waals surface area contributed by atoms with Gasteiger partial charge in [0.1, 0.15) is 0 Å². The summed E-state index contributed by atoms with van der Waals surface area (Å²) in [7, 11) is 8.16. The van der Waals surface area contributed by atoms with Crippen LogP contribution >= 0.6 is 24.0 Å². The predicted octanol–water partition coefficient (Wildman–Crippen LogP) is 2.11. The Labute approximate surface area is 185 Å². The number of hydrogen-bond donors (Lipinski definition) is 2. The standard InChI is InChI=1S/C19H32N4O4.HI/c1-13(2)10-20-19(22-12-17(24)23(3)4)21-11-14-8-15(25-5)18(27-7)16(9-14)26-6;/h8-9,13H,10-12H2,1-7H3,(H2,20,21,22);1H. The number of likely N-dealkylation sites (N-methyl/N-ethyl adjacent to an activating group) is 1. The van der Waals surface area contributed by atoms with E-state index in [0.29, 0.717) is 35.7 Å². The summed E-state index contributed by atoms with van der Waals surface area (Å²) >= 11 is 0. The summed E-state index contributed by atoms with van der Waals surface area (Å²) in [6, 6.07) is 3.71. The summed E-state index contributed by atoms with van der Waals surface area (Å²) in [6.45, 7) is 5.52. The molecule has 0 saturated heterocycles. The highest BCUT2D eigenvalue weighted by molar-refractivity contribution is 14.0. The van der Waals surface area contributed by atoms with Gasteiger partial charge in [0.15, 0.2) is 17.5 Å². The van der Waals surface area contributed by atoms with Crippen molar-refractivity contribution in [2.24, 2.45) is 10.9 Å². The number of ether oxygens (including phenoxy) is 3. The number of carbonyl (C=O) groups excluding carboxylic acids is 1. The summed E-state index contributed by atoms with van der Waals surface area (Å²) in [4.78, 5) is 17.9. The molecule has 1 rings (SSSR count). The van der Waals surface area contributed by atoms with E-state index in [1.54, 1.807) is 35.4 Å². The molecule has 0 bridgehead atoms. The van der Waals surface area contributed by atoms with Gasteiger partial charge in [-0.25, -0.2) is 4.99 Å². The van der Waals surface area contributed by atoms with E-state index in [1.165, 1.54) is 4.90 Å². The summed E-state index contributed by atoms with van der Waals surface area (Å²) in [5.41, 5.74) is 0.897. The molecule has 0 saturated carbocycles. The fourth-order valence-corrected chi connectivity index (χ4v) is 2.19. The topological polar surface area (TPSA) is 84.4 Å². The summed E-state index contributed by atoms with van der Waals surface area (Å²) in [6.07, 6.45) is 0. The van der Waals surface area contributed by atoms with Gasteiger partial charge in [-0.1, -0.05) is 13.8 Å². The average molecular weight is 508 g/mol. The first-order valence-electron chi connectivity index (χ1n) is 8.83. The van der Waals surface area contributed by atoms with Crippen LogP contribution in [0.5, 0.6) is 17.2 Å². The second-order valence-corrected chi connectivity index (χ2v) is 6.61. The molecule has 8 nitrogen and oxygen atoms in total. The molecule has 0 unspecified atom stereocenters. The first kappa shape index (κ1) is 26.1. The number of amides is 1. The number of methoxy groups -OCH3 is 3. The molecule has 0 aliphatic rings. The smallest absolute Gasteiger partial charge is 0.241 e. The van der Waals surface area contributed by atoms with Gasteiger partial charge in [0.2, 0.25) is 11.7 Å². The number of halogens is 1. The Morgan fingerprint density at radius 1 is 1.07 bits per heavy atom. The summed E-state index contributed by atoms with van der Waals surface area (Å²) in [5.74, 6) is 2.70. The minimum atomic E-state index is -0.0261. The first-order chi connectivity index (χ1) is 12.8. The molecule has 1 aromatic rings. The fourth-order valence-electron chi connectivity index (χ4n) is 2.19. The van der Waals surface area contributed by atoms with Gasteiger partial charge >= 0.3 is 0 Å². The lowest BCUT2D eigenvalue weighted by atomic mass is 10.2. The third kappa shape index (κ3) is 8.41. The molecule has 0 radical (unpaired) electrons. The quantitative estimate of drug-likeness (QED) is 0.302. The lowest BCUT2D eigenvalue weighted by Crippen LogP contribution is -2.44. The van der Waals surface area contributed by atoms with Gasteiger partial charge in [-0.15, -0.1) is 24.0 Å². The largest absolute Gasteiger partial charge is 0.493 e. The molecule has 160 valence electrons. The van der Waals surface area contributed by atoms with Crippen LogP contribution in [0.15, 0.2) is 17.1 Å². The zero-order valence-electron chi connectivity index (χ0n) is 17.8. The van der Waals surface area contributed by atoms with E-state index in [2.05, 4.69) is 29.5 Å². The van der Waals surface area contributed by atoms with Crippen LogP contribution in [0.25, 0.3) is 0 Å². The van der Waals surface area contributed by atoms with Crippen LogP contribution in [0.1, 0.15) is 19.4 Å². The second kappa shape index (κ2) is 13.3. The molecular weight excluding hydrogens is 475 g/mol. The van der Waals surface area contributed by atoms with E-state index in [4.69, 9.17) is 14.2 Å². The van der Waals surface area contributed by atoms with Gasteiger partial charge in [-0.05, 0) is 23.6 Å². The molecule has 0 atom stereocenters. The highest BCUT2D eigenvalue weighted by Crippen LogP contribution is 2.38. The predicted molar refractivity (Wildman–Crippen MR) is 122 cm³/mol. The first-order valence-corrected chi connectivity index (χ1v) is 8.83. The van der Waals surface area contributed by atoms with E-state index >= 15 is 0 Å². The summed E-state index contributed by atoms with van der Waals surface area (Å²) < 4.78 is 16.1. The van der Waals surface area contributed by atoms with Gasteiger partial charge in [-0.3, -0.25) is 4.79 Å². The van der Waals surface area contributed by atoms with Crippen LogP contribution in [-0.2, 0) is 11.3 Å². The number of rotatable bonds is 9. The van der Waals surface area contributed by atoms with Crippen LogP contribution in [0.3, 0.4) is 0 Å². The molecular formula is C19H33IN4O4. The summed E-state index contributed by atoms with van der Waals surface area (Å²) in [5, 5.41) is 6.31. The van der Waals surface area contributed by atoms with Crippen molar-refractivity contribution in [1.29, 1.82) is 0 Å². The number of carbonyl (C=O) groups is 1. The Hall–Kier alpha value is -1.91. The molecule has 9 heteroatoms. The maximum Gasteiger partial charge on any atom is 0.241 e. The molecule has 28 heavy (non-hydrogen) atoms. The van der Waals surface area contributed by atoms with E-state index in [1.807, 2.05) is 12.1 Å². The van der Waals surface area contributed by atoms with E-state index in [9.17, 15) is 4.79 Å². The molecule has 0 aromatic heterocycles. The highest BCUT2D eigenvalue weighted by atomic mass is 127. The third-order valence-corrected chi connectivity index (χ3v) is 3.73. The van der Waals surface area contributed by atoms with Crippen molar-refractivity contribution in [2.75, 3.05) is 48.5 Å².